The summed E-state index contributed by atoms with van der Waals surface area (Å²) >= 11 is 0. The van der Waals surface area contributed by atoms with Crippen molar-refractivity contribution in [1.82, 2.24) is 9.88 Å². The van der Waals surface area contributed by atoms with E-state index in [4.69, 9.17) is 9.47 Å². The van der Waals surface area contributed by atoms with Crippen LogP contribution < -0.4 is 20.9 Å². The number of fused-ring (bicyclic) bond motifs is 1. The van der Waals surface area contributed by atoms with Crippen molar-refractivity contribution in [1.29, 1.82) is 0 Å². The maximum absolute atomic E-state index is 15.7. The summed E-state index contributed by atoms with van der Waals surface area (Å²) in [5.41, 5.74) is -0.976. The summed E-state index contributed by atoms with van der Waals surface area (Å²) in [5.74, 6) is -1.66. The molecule has 1 aromatic heterocycles. The highest BCUT2D eigenvalue weighted by Gasteiger charge is 2.38. The van der Waals surface area contributed by atoms with Gasteiger partial charge in [-0.1, -0.05) is 48.5 Å². The zero-order chi connectivity index (χ0) is 31.6. The predicted molar refractivity (Wildman–Crippen MR) is 158 cm³/mol. The van der Waals surface area contributed by atoms with Crippen molar-refractivity contribution in [3.05, 3.63) is 117 Å². The maximum Gasteiger partial charge on any atom is 0.416 e. The summed E-state index contributed by atoms with van der Waals surface area (Å²) in [6.45, 7) is 2.60. The minimum atomic E-state index is -4.82. The van der Waals surface area contributed by atoms with E-state index in [1.54, 1.807) is 14.0 Å². The molecule has 5 rings (SSSR count). The Kier molecular flexibility index (Phi) is 9.07. The van der Waals surface area contributed by atoms with Crippen LogP contribution in [0.2, 0.25) is 0 Å². The third kappa shape index (κ3) is 5.81. The van der Waals surface area contributed by atoms with Gasteiger partial charge < -0.3 is 20.1 Å². The van der Waals surface area contributed by atoms with E-state index in [0.717, 1.165) is 23.8 Å². The quantitative estimate of drug-likeness (QED) is 0.155. The SMILES string of the molecule is COCCNC(c1ccccc1)[C@@H]1CNc2c(Cc3c(F)cccc3C(F)(F)F)c(C)c(-c3cccc(OC)c3F)c(=O)n21. The van der Waals surface area contributed by atoms with Gasteiger partial charge in [-0.25, -0.2) is 8.78 Å². The highest BCUT2D eigenvalue weighted by Crippen LogP contribution is 2.41. The number of nitrogens with zero attached hydrogens (tertiary/aromatic N) is 1. The Bertz CT molecular complexity index is 1710. The molecule has 1 aliphatic heterocycles. The molecule has 0 radical (unpaired) electrons. The van der Waals surface area contributed by atoms with Crippen LogP contribution in [0, 0.1) is 18.6 Å². The van der Waals surface area contributed by atoms with E-state index in [-0.39, 0.29) is 40.4 Å². The zero-order valence-corrected chi connectivity index (χ0v) is 24.4. The topological polar surface area (TPSA) is 64.5 Å². The highest BCUT2D eigenvalue weighted by atomic mass is 19.4. The Morgan fingerprint density at radius 2 is 1.73 bits per heavy atom. The van der Waals surface area contributed by atoms with Crippen molar-refractivity contribution in [3.8, 4) is 16.9 Å². The van der Waals surface area contributed by atoms with Crippen molar-refractivity contribution in [2.45, 2.75) is 31.6 Å². The van der Waals surface area contributed by atoms with Crippen molar-refractivity contribution >= 4 is 5.82 Å². The Morgan fingerprint density at radius 3 is 2.41 bits per heavy atom. The summed E-state index contributed by atoms with van der Waals surface area (Å²) in [6, 6.07) is 15.5. The number of aromatic nitrogens is 1. The number of ether oxygens (including phenoxy) is 2. The fourth-order valence-electron chi connectivity index (χ4n) is 5.95. The molecule has 11 heteroatoms. The molecule has 4 aromatic rings. The number of benzene rings is 3. The van der Waals surface area contributed by atoms with Gasteiger partial charge >= 0.3 is 6.18 Å². The fourth-order valence-corrected chi connectivity index (χ4v) is 5.95. The van der Waals surface area contributed by atoms with Gasteiger partial charge in [0.1, 0.15) is 11.6 Å². The second kappa shape index (κ2) is 12.8. The Hall–Kier alpha value is -4.22. The molecule has 0 bridgehead atoms. The molecule has 6 nitrogen and oxygen atoms in total. The summed E-state index contributed by atoms with van der Waals surface area (Å²) in [7, 11) is 2.86. The first-order valence-corrected chi connectivity index (χ1v) is 14.0. The summed E-state index contributed by atoms with van der Waals surface area (Å²) in [6.07, 6.45) is -5.31. The summed E-state index contributed by atoms with van der Waals surface area (Å²) < 4.78 is 84.8. The molecule has 2 heterocycles. The number of halogens is 5. The van der Waals surface area contributed by atoms with E-state index < -0.39 is 53.0 Å². The van der Waals surface area contributed by atoms with Crippen molar-refractivity contribution in [2.24, 2.45) is 0 Å². The third-order valence-electron chi connectivity index (χ3n) is 8.04. The fraction of sp³-hybridized carbons (Fsp3) is 0.303. The third-order valence-corrected chi connectivity index (χ3v) is 8.04. The first-order chi connectivity index (χ1) is 21.1. The number of rotatable bonds is 10. The van der Waals surface area contributed by atoms with E-state index >= 15 is 8.78 Å². The molecule has 0 saturated heterocycles. The van der Waals surface area contributed by atoms with Gasteiger partial charge in [0.05, 0.1) is 36.9 Å². The van der Waals surface area contributed by atoms with Gasteiger partial charge in [0.15, 0.2) is 11.6 Å². The number of anilines is 1. The van der Waals surface area contributed by atoms with Crippen LogP contribution in [0.15, 0.2) is 71.5 Å². The van der Waals surface area contributed by atoms with Crippen LogP contribution in [0.25, 0.3) is 11.1 Å². The predicted octanol–water partition coefficient (Wildman–Crippen LogP) is 6.66. The van der Waals surface area contributed by atoms with Crippen LogP contribution in [0.1, 0.15) is 39.9 Å². The molecule has 0 saturated carbocycles. The van der Waals surface area contributed by atoms with Crippen LogP contribution in [-0.4, -0.2) is 38.5 Å². The lowest BCUT2D eigenvalue weighted by atomic mass is 9.91. The van der Waals surface area contributed by atoms with Crippen LogP contribution in [0.5, 0.6) is 5.75 Å². The molecular weight excluding hydrogens is 581 g/mol. The molecule has 0 amide bonds. The number of methoxy groups -OCH3 is 2. The van der Waals surface area contributed by atoms with E-state index in [2.05, 4.69) is 10.6 Å². The number of hydrogen-bond acceptors (Lipinski definition) is 5. The largest absolute Gasteiger partial charge is 0.494 e. The monoisotopic (exact) mass is 613 g/mol. The van der Waals surface area contributed by atoms with Crippen LogP contribution in [-0.2, 0) is 17.3 Å². The second-order valence-corrected chi connectivity index (χ2v) is 10.5. The molecule has 1 aliphatic rings. The van der Waals surface area contributed by atoms with Crippen molar-refractivity contribution < 1.29 is 31.4 Å². The molecule has 2 atom stereocenters. The summed E-state index contributed by atoms with van der Waals surface area (Å²) in [5, 5.41) is 6.65. The smallest absolute Gasteiger partial charge is 0.416 e. The van der Waals surface area contributed by atoms with Gasteiger partial charge in [-0.05, 0) is 36.2 Å². The second-order valence-electron chi connectivity index (χ2n) is 10.5. The molecule has 3 aromatic carbocycles. The van der Waals surface area contributed by atoms with Gasteiger partial charge in [-0.3, -0.25) is 9.36 Å². The number of alkyl halides is 3. The van der Waals surface area contributed by atoms with Crippen molar-refractivity contribution in [2.75, 3.05) is 39.2 Å². The van der Waals surface area contributed by atoms with Gasteiger partial charge in [-0.2, -0.15) is 13.2 Å². The van der Waals surface area contributed by atoms with E-state index in [9.17, 15) is 18.0 Å². The average molecular weight is 614 g/mol. The normalized spacial score (nSPS) is 15.1. The van der Waals surface area contributed by atoms with Gasteiger partial charge in [0.2, 0.25) is 0 Å². The lowest BCUT2D eigenvalue weighted by Gasteiger charge is -2.28. The minimum Gasteiger partial charge on any atom is -0.494 e. The first-order valence-electron chi connectivity index (χ1n) is 14.0. The molecule has 0 aliphatic carbocycles. The average Bonchev–Trinajstić information content (AvgIpc) is 3.44. The van der Waals surface area contributed by atoms with Gasteiger partial charge in [0.25, 0.3) is 5.56 Å². The molecule has 232 valence electrons. The van der Waals surface area contributed by atoms with Gasteiger partial charge in [0, 0.05) is 43.3 Å². The number of hydrogen-bond donors (Lipinski definition) is 2. The Labute approximate surface area is 251 Å². The van der Waals surface area contributed by atoms with Crippen molar-refractivity contribution in [3.63, 3.8) is 0 Å². The highest BCUT2D eigenvalue weighted by molar-refractivity contribution is 5.74. The van der Waals surface area contributed by atoms with Crippen LogP contribution in [0.4, 0.5) is 27.8 Å². The maximum atomic E-state index is 15.7. The van der Waals surface area contributed by atoms with E-state index in [1.807, 2.05) is 30.3 Å². The van der Waals surface area contributed by atoms with Crippen LogP contribution in [0.3, 0.4) is 0 Å². The zero-order valence-electron chi connectivity index (χ0n) is 24.4. The Morgan fingerprint density at radius 1 is 1.00 bits per heavy atom. The summed E-state index contributed by atoms with van der Waals surface area (Å²) in [4.78, 5) is 14.4. The molecular formula is C33H32F5N3O3. The lowest BCUT2D eigenvalue weighted by molar-refractivity contribution is -0.138. The van der Waals surface area contributed by atoms with Gasteiger partial charge in [-0.15, -0.1) is 0 Å². The molecule has 2 N–H and O–H groups in total. The molecule has 0 spiro atoms. The first kappa shape index (κ1) is 31.2. The lowest BCUT2D eigenvalue weighted by Crippen LogP contribution is -2.36. The molecule has 1 unspecified atom stereocenters. The Balaban J connectivity index is 1.78. The number of nitrogens with one attached hydrogen (secondary N) is 2. The van der Waals surface area contributed by atoms with E-state index in [1.165, 1.54) is 29.9 Å². The molecule has 0 fully saturated rings. The van der Waals surface area contributed by atoms with E-state index in [0.29, 0.717) is 13.2 Å². The van der Waals surface area contributed by atoms with Crippen LogP contribution >= 0.6 is 0 Å². The number of pyridine rings is 1. The standard InChI is InChI=1S/C33H32F5N3O3/c1-19-22(17-23-24(33(36,37)38)12-8-13-25(23)34)31-40-18-26(30(39-15-16-43-2)20-9-5-4-6-10-20)41(31)32(42)28(19)21-11-7-14-27(44-3)29(21)35/h4-14,26,30,39-40H,15-18H2,1-3H3/t26-,30?/m0/s1. The minimum absolute atomic E-state index is 0.0394. The molecule has 44 heavy (non-hydrogen) atoms.